The standard InChI is InChI=1S/C23H30N4/c1-16(2)19-7-9-27(10-8-19)15-18-13-25-23(26-14-18)22-11-20(17(3)4)5-6-21(22)12-24/h5-6,11,13-14,16-17,19H,7-10,15H2,1-4H3. The van der Waals surface area contributed by atoms with Gasteiger partial charge in [0.1, 0.15) is 0 Å². The van der Waals surface area contributed by atoms with Crippen molar-refractivity contribution in [3.8, 4) is 17.5 Å². The second-order valence-electron chi connectivity index (χ2n) is 8.34. The third kappa shape index (κ3) is 4.73. The van der Waals surface area contributed by atoms with E-state index in [2.05, 4.69) is 54.7 Å². The average Bonchev–Trinajstić information content (AvgIpc) is 2.68. The van der Waals surface area contributed by atoms with Crippen molar-refractivity contribution in [3.05, 3.63) is 47.3 Å². The number of piperidine rings is 1. The van der Waals surface area contributed by atoms with Crippen molar-refractivity contribution in [1.29, 1.82) is 5.26 Å². The zero-order chi connectivity index (χ0) is 19.4. The lowest BCUT2D eigenvalue weighted by Gasteiger charge is -2.33. The molecule has 0 unspecified atom stereocenters. The van der Waals surface area contributed by atoms with Gasteiger partial charge >= 0.3 is 0 Å². The molecular weight excluding hydrogens is 332 g/mol. The van der Waals surface area contributed by atoms with Gasteiger partial charge in [-0.1, -0.05) is 33.8 Å². The quantitative estimate of drug-likeness (QED) is 0.750. The molecule has 4 heteroatoms. The van der Waals surface area contributed by atoms with Gasteiger partial charge in [-0.05, 0) is 61.4 Å². The van der Waals surface area contributed by atoms with Gasteiger partial charge in [0.05, 0.1) is 11.6 Å². The number of hydrogen-bond acceptors (Lipinski definition) is 4. The SMILES string of the molecule is CC(C)c1ccc(C#N)c(-c2ncc(CN3CCC(C(C)C)CC3)cn2)c1. The van der Waals surface area contributed by atoms with Gasteiger partial charge in [-0.2, -0.15) is 5.26 Å². The van der Waals surface area contributed by atoms with Crippen molar-refractivity contribution in [2.45, 2.75) is 53.0 Å². The Kier molecular flexibility index (Phi) is 6.23. The smallest absolute Gasteiger partial charge is 0.160 e. The van der Waals surface area contributed by atoms with E-state index in [-0.39, 0.29) is 0 Å². The van der Waals surface area contributed by atoms with Crippen molar-refractivity contribution in [2.24, 2.45) is 11.8 Å². The van der Waals surface area contributed by atoms with Gasteiger partial charge in [-0.15, -0.1) is 0 Å². The van der Waals surface area contributed by atoms with E-state index < -0.39 is 0 Å². The summed E-state index contributed by atoms with van der Waals surface area (Å²) in [5.74, 6) is 2.68. The van der Waals surface area contributed by atoms with Gasteiger partial charge < -0.3 is 0 Å². The predicted octanol–water partition coefficient (Wildman–Crippen LogP) is 5.01. The maximum absolute atomic E-state index is 9.43. The molecule has 3 rings (SSSR count). The Morgan fingerprint density at radius 1 is 1.11 bits per heavy atom. The van der Waals surface area contributed by atoms with E-state index in [4.69, 9.17) is 0 Å². The Hall–Kier alpha value is -2.25. The molecule has 1 aliphatic rings. The number of benzene rings is 1. The molecule has 1 aromatic carbocycles. The van der Waals surface area contributed by atoms with E-state index in [9.17, 15) is 5.26 Å². The van der Waals surface area contributed by atoms with Crippen LogP contribution in [0.15, 0.2) is 30.6 Å². The number of nitriles is 1. The molecule has 1 saturated heterocycles. The van der Waals surface area contributed by atoms with E-state index in [1.165, 1.54) is 18.4 Å². The summed E-state index contributed by atoms with van der Waals surface area (Å²) in [6, 6.07) is 8.21. The zero-order valence-electron chi connectivity index (χ0n) is 16.9. The van der Waals surface area contributed by atoms with Gasteiger partial charge in [-0.25, -0.2) is 9.97 Å². The molecule has 2 aromatic rings. The highest BCUT2D eigenvalue weighted by molar-refractivity contribution is 5.65. The van der Waals surface area contributed by atoms with Crippen LogP contribution in [0.1, 0.15) is 63.1 Å². The minimum atomic E-state index is 0.407. The summed E-state index contributed by atoms with van der Waals surface area (Å²) in [6.07, 6.45) is 6.40. The fourth-order valence-corrected chi connectivity index (χ4v) is 3.81. The van der Waals surface area contributed by atoms with Crippen LogP contribution in [-0.4, -0.2) is 28.0 Å². The van der Waals surface area contributed by atoms with Crippen LogP contribution in [0.2, 0.25) is 0 Å². The molecular formula is C23H30N4. The second-order valence-corrected chi connectivity index (χ2v) is 8.34. The highest BCUT2D eigenvalue weighted by Crippen LogP contribution is 2.27. The van der Waals surface area contributed by atoms with Crippen molar-refractivity contribution >= 4 is 0 Å². The van der Waals surface area contributed by atoms with Gasteiger partial charge in [0.25, 0.3) is 0 Å². The molecule has 0 N–H and O–H groups in total. The van der Waals surface area contributed by atoms with Gasteiger partial charge in [0, 0.05) is 30.1 Å². The molecule has 2 heterocycles. The molecule has 1 fully saturated rings. The fraction of sp³-hybridized carbons (Fsp3) is 0.522. The normalized spacial score (nSPS) is 16.0. The van der Waals surface area contributed by atoms with Crippen LogP contribution in [0, 0.1) is 23.2 Å². The average molecular weight is 363 g/mol. The zero-order valence-corrected chi connectivity index (χ0v) is 16.9. The first-order valence-electron chi connectivity index (χ1n) is 10.1. The first kappa shape index (κ1) is 19.5. The molecule has 4 nitrogen and oxygen atoms in total. The Balaban J connectivity index is 1.71. The Labute approximate surface area is 163 Å². The molecule has 27 heavy (non-hydrogen) atoms. The third-order valence-corrected chi connectivity index (χ3v) is 5.76. The number of hydrogen-bond donors (Lipinski definition) is 0. The predicted molar refractivity (Wildman–Crippen MR) is 109 cm³/mol. The summed E-state index contributed by atoms with van der Waals surface area (Å²) in [4.78, 5) is 11.7. The van der Waals surface area contributed by atoms with Crippen LogP contribution < -0.4 is 0 Å². The Morgan fingerprint density at radius 3 is 2.33 bits per heavy atom. The molecule has 0 saturated carbocycles. The van der Waals surface area contributed by atoms with Crippen molar-refractivity contribution in [2.75, 3.05) is 13.1 Å². The van der Waals surface area contributed by atoms with Gasteiger partial charge in [0.2, 0.25) is 0 Å². The Bertz CT molecular complexity index is 794. The van der Waals surface area contributed by atoms with E-state index in [0.717, 1.165) is 42.6 Å². The van der Waals surface area contributed by atoms with Gasteiger partial charge in [-0.3, -0.25) is 4.90 Å². The van der Waals surface area contributed by atoms with E-state index in [1.807, 2.05) is 24.5 Å². The maximum Gasteiger partial charge on any atom is 0.160 e. The summed E-state index contributed by atoms with van der Waals surface area (Å²) >= 11 is 0. The fourth-order valence-electron chi connectivity index (χ4n) is 3.81. The van der Waals surface area contributed by atoms with Crippen molar-refractivity contribution in [1.82, 2.24) is 14.9 Å². The molecule has 0 amide bonds. The lowest BCUT2D eigenvalue weighted by molar-refractivity contribution is 0.152. The molecule has 0 bridgehead atoms. The molecule has 1 aromatic heterocycles. The van der Waals surface area contributed by atoms with Crippen LogP contribution in [0.4, 0.5) is 0 Å². The number of aromatic nitrogens is 2. The van der Waals surface area contributed by atoms with Crippen LogP contribution in [0.3, 0.4) is 0 Å². The molecule has 142 valence electrons. The number of nitrogens with zero attached hydrogens (tertiary/aromatic N) is 4. The van der Waals surface area contributed by atoms with Crippen LogP contribution in [0.5, 0.6) is 0 Å². The van der Waals surface area contributed by atoms with Crippen LogP contribution >= 0.6 is 0 Å². The number of likely N-dealkylation sites (tertiary alicyclic amines) is 1. The molecule has 0 aliphatic carbocycles. The summed E-state index contributed by atoms with van der Waals surface area (Å²) < 4.78 is 0. The molecule has 1 aliphatic heterocycles. The second kappa shape index (κ2) is 8.63. The largest absolute Gasteiger partial charge is 0.299 e. The van der Waals surface area contributed by atoms with Crippen molar-refractivity contribution < 1.29 is 0 Å². The minimum Gasteiger partial charge on any atom is -0.299 e. The maximum atomic E-state index is 9.43. The highest BCUT2D eigenvalue weighted by Gasteiger charge is 2.21. The Morgan fingerprint density at radius 2 is 1.78 bits per heavy atom. The molecule has 0 radical (unpaired) electrons. The first-order chi connectivity index (χ1) is 13.0. The summed E-state index contributed by atoms with van der Waals surface area (Å²) in [5, 5.41) is 9.43. The van der Waals surface area contributed by atoms with E-state index in [0.29, 0.717) is 17.3 Å². The summed E-state index contributed by atoms with van der Waals surface area (Å²) in [7, 11) is 0. The van der Waals surface area contributed by atoms with Crippen molar-refractivity contribution in [3.63, 3.8) is 0 Å². The van der Waals surface area contributed by atoms with E-state index in [1.54, 1.807) is 0 Å². The summed E-state index contributed by atoms with van der Waals surface area (Å²) in [6.45, 7) is 12.2. The van der Waals surface area contributed by atoms with Crippen LogP contribution in [-0.2, 0) is 6.54 Å². The third-order valence-electron chi connectivity index (χ3n) is 5.76. The van der Waals surface area contributed by atoms with E-state index >= 15 is 0 Å². The molecule has 0 spiro atoms. The monoisotopic (exact) mass is 362 g/mol. The lowest BCUT2D eigenvalue weighted by atomic mass is 9.87. The van der Waals surface area contributed by atoms with Crippen LogP contribution in [0.25, 0.3) is 11.4 Å². The number of rotatable bonds is 5. The highest BCUT2D eigenvalue weighted by atomic mass is 15.1. The lowest BCUT2D eigenvalue weighted by Crippen LogP contribution is -2.34. The molecule has 0 atom stereocenters. The van der Waals surface area contributed by atoms with Gasteiger partial charge in [0.15, 0.2) is 5.82 Å². The topological polar surface area (TPSA) is 52.8 Å². The summed E-state index contributed by atoms with van der Waals surface area (Å²) in [5.41, 5.74) is 3.79. The first-order valence-corrected chi connectivity index (χ1v) is 10.1. The minimum absolute atomic E-state index is 0.407.